The third-order valence-corrected chi connectivity index (χ3v) is 3.38. The Hall–Kier alpha value is -0.570. The van der Waals surface area contributed by atoms with E-state index in [0.29, 0.717) is 18.9 Å². The molecule has 2 aliphatic rings. The van der Waals surface area contributed by atoms with Crippen molar-refractivity contribution in [1.82, 2.24) is 0 Å². The van der Waals surface area contributed by atoms with Crippen LogP contribution in [-0.2, 0) is 14.3 Å². The van der Waals surface area contributed by atoms with Crippen molar-refractivity contribution in [2.45, 2.75) is 51.0 Å². The van der Waals surface area contributed by atoms with E-state index < -0.39 is 0 Å². The van der Waals surface area contributed by atoms with Crippen LogP contribution in [-0.4, -0.2) is 25.3 Å². The molecule has 0 bridgehead atoms. The van der Waals surface area contributed by atoms with Crippen molar-refractivity contribution >= 4 is 5.97 Å². The molecule has 0 aromatic heterocycles. The summed E-state index contributed by atoms with van der Waals surface area (Å²) in [5, 5.41) is 0. The molecular weight excluding hydrogens is 192 g/mol. The smallest absolute Gasteiger partial charge is 0.306 e. The molecular formula is C12H20O3. The lowest BCUT2D eigenvalue weighted by Crippen LogP contribution is -2.19. The van der Waals surface area contributed by atoms with E-state index in [-0.39, 0.29) is 12.1 Å². The number of carbonyl (C=O) groups excluding carboxylic acids is 1. The molecule has 1 aliphatic carbocycles. The van der Waals surface area contributed by atoms with Gasteiger partial charge >= 0.3 is 5.97 Å². The minimum atomic E-state index is -0.0302. The van der Waals surface area contributed by atoms with Crippen molar-refractivity contribution in [3.63, 3.8) is 0 Å². The van der Waals surface area contributed by atoms with Crippen LogP contribution in [0.25, 0.3) is 0 Å². The quantitative estimate of drug-likeness (QED) is 0.671. The number of esters is 1. The second kappa shape index (κ2) is 5.50. The molecule has 15 heavy (non-hydrogen) atoms. The van der Waals surface area contributed by atoms with Crippen molar-refractivity contribution in [1.29, 1.82) is 0 Å². The number of rotatable bonds is 4. The summed E-state index contributed by atoms with van der Waals surface area (Å²) in [4.78, 5) is 11.5. The fraction of sp³-hybridized carbons (Fsp3) is 0.917. The third kappa shape index (κ3) is 3.49. The average molecular weight is 212 g/mol. The highest BCUT2D eigenvalue weighted by Gasteiger charge is 2.21. The predicted molar refractivity (Wildman–Crippen MR) is 56.5 cm³/mol. The van der Waals surface area contributed by atoms with Gasteiger partial charge in [0.15, 0.2) is 0 Å². The summed E-state index contributed by atoms with van der Waals surface area (Å²) >= 11 is 0. The molecule has 86 valence electrons. The Morgan fingerprint density at radius 2 is 2.00 bits per heavy atom. The van der Waals surface area contributed by atoms with Crippen molar-refractivity contribution in [2.75, 3.05) is 13.2 Å². The van der Waals surface area contributed by atoms with E-state index in [4.69, 9.17) is 9.47 Å². The van der Waals surface area contributed by atoms with Gasteiger partial charge < -0.3 is 9.47 Å². The summed E-state index contributed by atoms with van der Waals surface area (Å²) in [6.07, 6.45) is 7.89. The minimum Gasteiger partial charge on any atom is -0.463 e. The van der Waals surface area contributed by atoms with Crippen LogP contribution >= 0.6 is 0 Å². The molecule has 2 fully saturated rings. The lowest BCUT2D eigenvalue weighted by molar-refractivity contribution is -0.147. The molecule has 1 aliphatic heterocycles. The maximum absolute atomic E-state index is 11.5. The Kier molecular flexibility index (Phi) is 4.01. The third-order valence-electron chi connectivity index (χ3n) is 3.38. The first-order valence-corrected chi connectivity index (χ1v) is 6.12. The van der Waals surface area contributed by atoms with Crippen LogP contribution in [0.15, 0.2) is 0 Å². The lowest BCUT2D eigenvalue weighted by atomic mass is 10.0. The van der Waals surface area contributed by atoms with Gasteiger partial charge in [-0.15, -0.1) is 0 Å². The van der Waals surface area contributed by atoms with Crippen LogP contribution in [0, 0.1) is 5.92 Å². The Bertz CT molecular complexity index is 203. The molecule has 3 nitrogen and oxygen atoms in total. The molecule has 0 spiro atoms. The van der Waals surface area contributed by atoms with Crippen molar-refractivity contribution in [3.8, 4) is 0 Å². The zero-order valence-corrected chi connectivity index (χ0v) is 9.24. The highest BCUT2D eigenvalue weighted by molar-refractivity contribution is 5.69. The van der Waals surface area contributed by atoms with Gasteiger partial charge in [0.25, 0.3) is 0 Å². The van der Waals surface area contributed by atoms with Gasteiger partial charge in [-0.3, -0.25) is 4.79 Å². The SMILES string of the molecule is O=C(CC1CCCC1)OCC1CCCO1. The van der Waals surface area contributed by atoms with Gasteiger partial charge in [-0.05, 0) is 31.6 Å². The molecule has 0 aromatic carbocycles. The van der Waals surface area contributed by atoms with Gasteiger partial charge in [-0.1, -0.05) is 12.8 Å². The van der Waals surface area contributed by atoms with E-state index in [2.05, 4.69) is 0 Å². The van der Waals surface area contributed by atoms with E-state index in [1.54, 1.807) is 0 Å². The molecule has 2 rings (SSSR count). The summed E-state index contributed by atoms with van der Waals surface area (Å²) in [6.45, 7) is 1.29. The van der Waals surface area contributed by atoms with Crippen LogP contribution in [0.5, 0.6) is 0 Å². The van der Waals surface area contributed by atoms with E-state index >= 15 is 0 Å². The Balaban J connectivity index is 1.59. The summed E-state index contributed by atoms with van der Waals surface area (Å²) in [5.74, 6) is 0.555. The average Bonchev–Trinajstić information content (AvgIpc) is 2.86. The predicted octanol–water partition coefficient (Wildman–Crippen LogP) is 2.29. The van der Waals surface area contributed by atoms with Crippen molar-refractivity contribution in [3.05, 3.63) is 0 Å². The first-order chi connectivity index (χ1) is 7.34. The molecule has 0 radical (unpaired) electrons. The van der Waals surface area contributed by atoms with E-state index in [0.717, 1.165) is 19.4 Å². The normalized spacial score (nSPS) is 27.1. The van der Waals surface area contributed by atoms with Crippen LogP contribution in [0.2, 0.25) is 0 Å². The summed E-state index contributed by atoms with van der Waals surface area (Å²) in [7, 11) is 0. The first kappa shape index (κ1) is 10.9. The molecule has 3 heteroatoms. The molecule has 0 aromatic rings. The fourth-order valence-electron chi connectivity index (χ4n) is 2.47. The van der Waals surface area contributed by atoms with Crippen LogP contribution in [0.4, 0.5) is 0 Å². The van der Waals surface area contributed by atoms with Gasteiger partial charge in [0.1, 0.15) is 6.61 Å². The van der Waals surface area contributed by atoms with Gasteiger partial charge in [0.05, 0.1) is 6.10 Å². The largest absolute Gasteiger partial charge is 0.463 e. The van der Waals surface area contributed by atoms with Crippen molar-refractivity contribution in [2.24, 2.45) is 5.92 Å². The van der Waals surface area contributed by atoms with Gasteiger partial charge in [-0.25, -0.2) is 0 Å². The fourth-order valence-corrected chi connectivity index (χ4v) is 2.47. The summed E-state index contributed by atoms with van der Waals surface area (Å²) in [6, 6.07) is 0. The number of hydrogen-bond donors (Lipinski definition) is 0. The first-order valence-electron chi connectivity index (χ1n) is 6.12. The maximum Gasteiger partial charge on any atom is 0.306 e. The molecule has 1 atom stereocenters. The molecule has 1 saturated carbocycles. The number of hydrogen-bond acceptors (Lipinski definition) is 3. The highest BCUT2D eigenvalue weighted by atomic mass is 16.6. The van der Waals surface area contributed by atoms with Gasteiger partial charge in [0, 0.05) is 13.0 Å². The van der Waals surface area contributed by atoms with Gasteiger partial charge in [-0.2, -0.15) is 0 Å². The molecule has 0 N–H and O–H groups in total. The summed E-state index contributed by atoms with van der Waals surface area (Å²) in [5.41, 5.74) is 0. The van der Waals surface area contributed by atoms with Crippen molar-refractivity contribution < 1.29 is 14.3 Å². The van der Waals surface area contributed by atoms with Crippen LogP contribution in [0.1, 0.15) is 44.9 Å². The second-order valence-corrected chi connectivity index (χ2v) is 4.67. The van der Waals surface area contributed by atoms with Gasteiger partial charge in [0.2, 0.25) is 0 Å². The molecule has 1 heterocycles. The lowest BCUT2D eigenvalue weighted by Gasteiger charge is -2.12. The van der Waals surface area contributed by atoms with E-state index in [1.165, 1.54) is 25.7 Å². The zero-order valence-electron chi connectivity index (χ0n) is 9.24. The standard InChI is InChI=1S/C12H20O3/c13-12(8-10-4-1-2-5-10)15-9-11-6-3-7-14-11/h10-11H,1-9H2. The minimum absolute atomic E-state index is 0.0302. The second-order valence-electron chi connectivity index (χ2n) is 4.67. The van der Waals surface area contributed by atoms with Crippen LogP contribution in [0.3, 0.4) is 0 Å². The number of ether oxygens (including phenoxy) is 2. The maximum atomic E-state index is 11.5. The monoisotopic (exact) mass is 212 g/mol. The Morgan fingerprint density at radius 3 is 2.67 bits per heavy atom. The Labute approximate surface area is 91.1 Å². The Morgan fingerprint density at radius 1 is 1.20 bits per heavy atom. The van der Waals surface area contributed by atoms with E-state index in [1.807, 2.05) is 0 Å². The van der Waals surface area contributed by atoms with E-state index in [9.17, 15) is 4.79 Å². The zero-order chi connectivity index (χ0) is 10.5. The molecule has 1 saturated heterocycles. The topological polar surface area (TPSA) is 35.5 Å². The number of carbonyl (C=O) groups is 1. The molecule has 1 unspecified atom stereocenters. The summed E-state index contributed by atoms with van der Waals surface area (Å²) < 4.78 is 10.6. The molecule has 0 amide bonds. The highest BCUT2D eigenvalue weighted by Crippen LogP contribution is 2.27. The van der Waals surface area contributed by atoms with Crippen LogP contribution < -0.4 is 0 Å².